The van der Waals surface area contributed by atoms with Crippen LogP contribution in [0.25, 0.3) is 0 Å². The van der Waals surface area contributed by atoms with Crippen molar-refractivity contribution in [3.63, 3.8) is 0 Å². The zero-order chi connectivity index (χ0) is 22.0. The average Bonchev–Trinajstić information content (AvgIpc) is 2.93. The minimum atomic E-state index is 0.350. The number of nitrogens with zero attached hydrogens (tertiary/aromatic N) is 5. The Labute approximate surface area is 190 Å². The lowest BCUT2D eigenvalue weighted by Gasteiger charge is -2.26. The molecule has 0 amide bonds. The lowest BCUT2D eigenvalue weighted by Crippen LogP contribution is -2.41. The fourth-order valence-electron chi connectivity index (χ4n) is 4.27. The van der Waals surface area contributed by atoms with Crippen molar-refractivity contribution in [1.82, 2.24) is 20.5 Å². The van der Waals surface area contributed by atoms with Gasteiger partial charge >= 0.3 is 0 Å². The van der Waals surface area contributed by atoms with Crippen LogP contribution in [0.1, 0.15) is 43.5 Å². The zero-order valence-electron chi connectivity index (χ0n) is 19.1. The summed E-state index contributed by atoms with van der Waals surface area (Å²) in [5.41, 5.74) is 3.01. The number of nitrogens with one attached hydrogen (secondary N) is 3. The molecule has 2 fully saturated rings. The molecule has 0 bridgehead atoms. The molecule has 1 aromatic rings. The van der Waals surface area contributed by atoms with E-state index in [1.807, 2.05) is 6.92 Å². The molecule has 1 aromatic heterocycles. The van der Waals surface area contributed by atoms with Gasteiger partial charge in [-0.15, -0.1) is 0 Å². The van der Waals surface area contributed by atoms with Gasteiger partial charge in [0.2, 0.25) is 5.96 Å². The SMILES string of the molecule is Cc1nc(CCN2CCOCC2)ccc1NC1=NCN=CNCC(=NC2CCCCC2)N1. The highest BCUT2D eigenvalue weighted by atomic mass is 16.5. The van der Waals surface area contributed by atoms with E-state index in [4.69, 9.17) is 14.7 Å². The maximum absolute atomic E-state index is 5.43. The van der Waals surface area contributed by atoms with Gasteiger partial charge in [0, 0.05) is 31.7 Å². The van der Waals surface area contributed by atoms with Crippen molar-refractivity contribution in [3.05, 3.63) is 23.5 Å². The quantitative estimate of drug-likeness (QED) is 0.647. The van der Waals surface area contributed by atoms with Gasteiger partial charge in [-0.3, -0.25) is 19.9 Å². The van der Waals surface area contributed by atoms with E-state index in [9.17, 15) is 0 Å². The van der Waals surface area contributed by atoms with E-state index >= 15 is 0 Å². The molecule has 1 aliphatic carbocycles. The van der Waals surface area contributed by atoms with Crippen LogP contribution in [0.4, 0.5) is 5.69 Å². The number of hydrogen-bond donors (Lipinski definition) is 3. The van der Waals surface area contributed by atoms with E-state index in [2.05, 4.69) is 43.0 Å². The summed E-state index contributed by atoms with van der Waals surface area (Å²) < 4.78 is 5.43. The molecule has 0 radical (unpaired) electrons. The van der Waals surface area contributed by atoms with Crippen molar-refractivity contribution in [2.75, 3.05) is 51.4 Å². The maximum atomic E-state index is 5.43. The van der Waals surface area contributed by atoms with Gasteiger partial charge in [-0.25, -0.2) is 4.99 Å². The third kappa shape index (κ3) is 7.00. The zero-order valence-corrected chi connectivity index (χ0v) is 19.1. The summed E-state index contributed by atoms with van der Waals surface area (Å²) in [6, 6.07) is 4.58. The van der Waals surface area contributed by atoms with Gasteiger partial charge in [0.1, 0.15) is 12.5 Å². The summed E-state index contributed by atoms with van der Waals surface area (Å²) in [6.45, 7) is 7.68. The minimum absolute atomic E-state index is 0.350. The number of pyridine rings is 1. The maximum Gasteiger partial charge on any atom is 0.203 e. The summed E-state index contributed by atoms with van der Waals surface area (Å²) in [5, 5.41) is 10.0. The molecule has 0 aromatic carbocycles. The number of aryl methyl sites for hydroxylation is 1. The summed E-state index contributed by atoms with van der Waals surface area (Å²) in [7, 11) is 0. The summed E-state index contributed by atoms with van der Waals surface area (Å²) in [5.74, 6) is 1.55. The Morgan fingerprint density at radius 1 is 1.19 bits per heavy atom. The Hall–Kier alpha value is -2.52. The van der Waals surface area contributed by atoms with Crippen LogP contribution in [0.3, 0.4) is 0 Å². The molecule has 174 valence electrons. The van der Waals surface area contributed by atoms with E-state index in [-0.39, 0.29) is 0 Å². The predicted molar refractivity (Wildman–Crippen MR) is 130 cm³/mol. The van der Waals surface area contributed by atoms with Gasteiger partial charge < -0.3 is 20.7 Å². The van der Waals surface area contributed by atoms with Crippen molar-refractivity contribution in [2.45, 2.75) is 51.5 Å². The van der Waals surface area contributed by atoms with Crippen molar-refractivity contribution < 1.29 is 4.74 Å². The molecule has 1 saturated carbocycles. The monoisotopic (exact) mass is 440 g/mol. The summed E-state index contributed by atoms with van der Waals surface area (Å²) in [6.07, 6.45) is 8.82. The second-order valence-corrected chi connectivity index (χ2v) is 8.60. The van der Waals surface area contributed by atoms with E-state index in [0.717, 1.165) is 75.0 Å². The Morgan fingerprint density at radius 2 is 2.03 bits per heavy atom. The van der Waals surface area contributed by atoms with Gasteiger partial charge in [-0.1, -0.05) is 19.3 Å². The molecule has 9 nitrogen and oxygen atoms in total. The molecule has 0 spiro atoms. The van der Waals surface area contributed by atoms with Crippen LogP contribution in [0, 0.1) is 6.92 Å². The van der Waals surface area contributed by atoms with Gasteiger partial charge in [0.05, 0.1) is 43.5 Å². The van der Waals surface area contributed by atoms with Crippen molar-refractivity contribution >= 4 is 23.8 Å². The number of amidine groups is 1. The van der Waals surface area contributed by atoms with E-state index in [1.54, 1.807) is 6.34 Å². The number of aromatic nitrogens is 1. The highest BCUT2D eigenvalue weighted by Gasteiger charge is 2.15. The molecule has 3 N–H and O–H groups in total. The molecule has 1 saturated heterocycles. The first-order valence-corrected chi connectivity index (χ1v) is 11.9. The van der Waals surface area contributed by atoms with Crippen LogP contribution in [-0.4, -0.2) is 80.1 Å². The first-order valence-electron chi connectivity index (χ1n) is 11.9. The summed E-state index contributed by atoms with van der Waals surface area (Å²) >= 11 is 0. The third-order valence-electron chi connectivity index (χ3n) is 6.12. The smallest absolute Gasteiger partial charge is 0.203 e. The number of ether oxygens (including phenoxy) is 1. The third-order valence-corrected chi connectivity index (χ3v) is 6.12. The van der Waals surface area contributed by atoms with Crippen LogP contribution >= 0.6 is 0 Å². The Bertz CT molecular complexity index is 825. The number of hydrogen-bond acceptors (Lipinski definition) is 8. The molecule has 3 aliphatic rings. The van der Waals surface area contributed by atoms with Crippen LogP contribution in [0.15, 0.2) is 27.1 Å². The van der Waals surface area contributed by atoms with Crippen LogP contribution < -0.4 is 16.0 Å². The highest BCUT2D eigenvalue weighted by Crippen LogP contribution is 2.20. The Kier molecular flexibility index (Phi) is 8.44. The van der Waals surface area contributed by atoms with Gasteiger partial charge in [-0.05, 0) is 31.9 Å². The van der Waals surface area contributed by atoms with Gasteiger partial charge in [0.15, 0.2) is 0 Å². The second-order valence-electron chi connectivity index (χ2n) is 8.60. The average molecular weight is 441 g/mol. The molecule has 3 heterocycles. The fourth-order valence-corrected chi connectivity index (χ4v) is 4.27. The fraction of sp³-hybridized carbons (Fsp3) is 0.652. The standard InChI is InChI=1S/C23H36N8O/c1-18-21(8-7-20(27-18)9-10-31-11-13-32-14-12-31)29-23-26-17-25-16-24-15-22(30-23)28-19-5-3-2-4-6-19/h7-8,16,19H,2-6,9-15,17H2,1H3,(H,24,25)(H2,26,28,29,30). The number of aliphatic imine (C=N–C) groups is 3. The molecular formula is C23H36N8O. The predicted octanol–water partition coefficient (Wildman–Crippen LogP) is 1.94. The molecule has 4 rings (SSSR count). The number of rotatable bonds is 5. The molecule has 0 unspecified atom stereocenters. The minimum Gasteiger partial charge on any atom is -0.379 e. The number of morpholine rings is 1. The highest BCUT2D eigenvalue weighted by molar-refractivity contribution is 6.07. The molecule has 0 atom stereocenters. The lowest BCUT2D eigenvalue weighted by molar-refractivity contribution is 0.0383. The summed E-state index contributed by atoms with van der Waals surface area (Å²) in [4.78, 5) is 21.1. The first-order chi connectivity index (χ1) is 15.8. The van der Waals surface area contributed by atoms with Crippen LogP contribution in [-0.2, 0) is 11.2 Å². The topological polar surface area (TPSA) is 98.5 Å². The normalized spacial score (nSPS) is 22.3. The first kappa shape index (κ1) is 22.7. The Morgan fingerprint density at radius 3 is 2.84 bits per heavy atom. The van der Waals surface area contributed by atoms with Crippen LogP contribution in [0.2, 0.25) is 0 Å². The van der Waals surface area contributed by atoms with Crippen LogP contribution in [0.5, 0.6) is 0 Å². The Balaban J connectivity index is 1.39. The largest absolute Gasteiger partial charge is 0.379 e. The molecule has 32 heavy (non-hydrogen) atoms. The molecular weight excluding hydrogens is 404 g/mol. The van der Waals surface area contributed by atoms with Gasteiger partial charge in [-0.2, -0.15) is 0 Å². The molecule has 9 heteroatoms. The van der Waals surface area contributed by atoms with E-state index in [0.29, 0.717) is 25.2 Å². The van der Waals surface area contributed by atoms with Gasteiger partial charge in [0.25, 0.3) is 0 Å². The van der Waals surface area contributed by atoms with E-state index < -0.39 is 0 Å². The second kappa shape index (κ2) is 11.9. The number of guanidine groups is 1. The lowest BCUT2D eigenvalue weighted by atomic mass is 9.96. The van der Waals surface area contributed by atoms with Crippen molar-refractivity contribution in [3.8, 4) is 0 Å². The van der Waals surface area contributed by atoms with E-state index in [1.165, 1.54) is 19.3 Å². The molecule has 2 aliphatic heterocycles. The van der Waals surface area contributed by atoms with Crippen molar-refractivity contribution in [1.29, 1.82) is 0 Å². The number of anilines is 1. The van der Waals surface area contributed by atoms with Crippen molar-refractivity contribution in [2.24, 2.45) is 15.0 Å².